The molecule has 1 saturated heterocycles. The monoisotopic (exact) mass is 288 g/mol. The molecule has 1 aromatic heterocycles. The summed E-state index contributed by atoms with van der Waals surface area (Å²) in [7, 11) is 0. The largest absolute Gasteiger partial charge is 0.369 e. The minimum atomic E-state index is -0.262. The number of piperidine rings is 1. The summed E-state index contributed by atoms with van der Waals surface area (Å²) in [6, 6.07) is 4.05. The lowest BCUT2D eigenvalue weighted by Crippen LogP contribution is -2.41. The van der Waals surface area contributed by atoms with Crippen LogP contribution in [0.4, 0.5) is 5.82 Å². The Morgan fingerprint density at radius 2 is 1.95 bits per heavy atom. The van der Waals surface area contributed by atoms with E-state index in [2.05, 4.69) is 10.3 Å². The Morgan fingerprint density at radius 1 is 1.24 bits per heavy atom. The highest BCUT2D eigenvalue weighted by Gasteiger charge is 2.27. The first-order valence-electron chi connectivity index (χ1n) is 7.44. The Hall–Kier alpha value is -2.11. The molecule has 0 atom stereocenters. The summed E-state index contributed by atoms with van der Waals surface area (Å²) >= 11 is 0. The van der Waals surface area contributed by atoms with Gasteiger partial charge >= 0.3 is 0 Å². The molecule has 0 unspecified atom stereocenters. The maximum Gasteiger partial charge on any atom is 0.254 e. The van der Waals surface area contributed by atoms with Gasteiger partial charge in [0.1, 0.15) is 5.82 Å². The van der Waals surface area contributed by atoms with Crippen molar-refractivity contribution in [3.63, 3.8) is 0 Å². The van der Waals surface area contributed by atoms with Gasteiger partial charge in [-0.25, -0.2) is 4.98 Å². The molecule has 1 aliphatic heterocycles. The van der Waals surface area contributed by atoms with Crippen molar-refractivity contribution in [1.82, 2.24) is 9.88 Å². The summed E-state index contributed by atoms with van der Waals surface area (Å²) in [5.74, 6) is 0.398. The van der Waals surface area contributed by atoms with E-state index in [-0.39, 0.29) is 17.7 Å². The summed E-state index contributed by atoms with van der Waals surface area (Å²) in [6.07, 6.45) is 5.30. The Balaban J connectivity index is 1.63. The maximum absolute atomic E-state index is 12.5. The van der Waals surface area contributed by atoms with Gasteiger partial charge in [0.15, 0.2) is 0 Å². The third kappa shape index (κ3) is 3.32. The standard InChI is InChI=1S/C15H20N4O2/c16-14(20)10-4-7-19(8-5-10)15(21)11-3-6-17-13(9-11)18-12-1-2-12/h3,6,9-10,12H,1-2,4-5,7-8H2,(H2,16,20)(H,17,18). The number of rotatable bonds is 4. The topological polar surface area (TPSA) is 88.3 Å². The molecule has 0 spiro atoms. The molecule has 2 aliphatic rings. The number of carbonyl (C=O) groups excluding carboxylic acids is 2. The number of nitrogens with zero attached hydrogens (tertiary/aromatic N) is 2. The number of carbonyl (C=O) groups is 2. The molecule has 2 fully saturated rings. The van der Waals surface area contributed by atoms with Crippen molar-refractivity contribution in [1.29, 1.82) is 0 Å². The highest BCUT2D eigenvalue weighted by Crippen LogP contribution is 2.24. The number of primary amides is 1. The first kappa shape index (κ1) is 13.9. The average Bonchev–Trinajstić information content (AvgIpc) is 3.31. The lowest BCUT2D eigenvalue weighted by Gasteiger charge is -2.30. The number of nitrogens with one attached hydrogen (secondary N) is 1. The van der Waals surface area contributed by atoms with E-state index < -0.39 is 0 Å². The van der Waals surface area contributed by atoms with Gasteiger partial charge in [-0.3, -0.25) is 9.59 Å². The van der Waals surface area contributed by atoms with Crippen LogP contribution in [0, 0.1) is 5.92 Å². The SMILES string of the molecule is NC(=O)C1CCN(C(=O)c2ccnc(NC3CC3)c2)CC1. The second-order valence-corrected chi connectivity index (χ2v) is 5.82. The van der Waals surface area contributed by atoms with Crippen LogP contribution in [0.15, 0.2) is 18.3 Å². The zero-order chi connectivity index (χ0) is 14.8. The van der Waals surface area contributed by atoms with Gasteiger partial charge in [0, 0.05) is 36.8 Å². The van der Waals surface area contributed by atoms with Crippen LogP contribution in [0.3, 0.4) is 0 Å². The number of anilines is 1. The van der Waals surface area contributed by atoms with Crippen molar-refractivity contribution in [2.45, 2.75) is 31.7 Å². The van der Waals surface area contributed by atoms with Gasteiger partial charge < -0.3 is 16.0 Å². The van der Waals surface area contributed by atoms with E-state index >= 15 is 0 Å². The molecular formula is C15H20N4O2. The van der Waals surface area contributed by atoms with Gasteiger partial charge in [-0.1, -0.05) is 0 Å². The Morgan fingerprint density at radius 3 is 2.57 bits per heavy atom. The van der Waals surface area contributed by atoms with E-state index in [1.54, 1.807) is 23.2 Å². The fraction of sp³-hybridized carbons (Fsp3) is 0.533. The first-order valence-corrected chi connectivity index (χ1v) is 7.44. The van der Waals surface area contributed by atoms with Crippen LogP contribution in [0.2, 0.25) is 0 Å². The molecule has 1 aromatic rings. The molecule has 1 aliphatic carbocycles. The van der Waals surface area contributed by atoms with E-state index in [0.717, 1.165) is 5.82 Å². The second kappa shape index (κ2) is 5.71. The molecule has 6 nitrogen and oxygen atoms in total. The van der Waals surface area contributed by atoms with Crippen molar-refractivity contribution in [2.75, 3.05) is 18.4 Å². The van der Waals surface area contributed by atoms with Crippen LogP contribution in [0.5, 0.6) is 0 Å². The van der Waals surface area contributed by atoms with E-state index in [9.17, 15) is 9.59 Å². The fourth-order valence-corrected chi connectivity index (χ4v) is 2.63. The number of hydrogen-bond acceptors (Lipinski definition) is 4. The molecule has 0 bridgehead atoms. The van der Waals surface area contributed by atoms with E-state index in [1.165, 1.54) is 12.8 Å². The highest BCUT2D eigenvalue weighted by atomic mass is 16.2. The number of likely N-dealkylation sites (tertiary alicyclic amines) is 1. The number of pyridine rings is 1. The van der Waals surface area contributed by atoms with Crippen molar-refractivity contribution in [3.8, 4) is 0 Å². The minimum Gasteiger partial charge on any atom is -0.369 e. The highest BCUT2D eigenvalue weighted by molar-refractivity contribution is 5.95. The number of hydrogen-bond donors (Lipinski definition) is 2. The third-order valence-corrected chi connectivity index (χ3v) is 4.12. The van der Waals surface area contributed by atoms with Crippen molar-refractivity contribution in [2.24, 2.45) is 11.7 Å². The molecule has 21 heavy (non-hydrogen) atoms. The lowest BCUT2D eigenvalue weighted by molar-refractivity contribution is -0.123. The molecule has 1 saturated carbocycles. The van der Waals surface area contributed by atoms with Crippen molar-refractivity contribution >= 4 is 17.6 Å². The lowest BCUT2D eigenvalue weighted by atomic mass is 9.96. The van der Waals surface area contributed by atoms with Crippen molar-refractivity contribution in [3.05, 3.63) is 23.9 Å². The van der Waals surface area contributed by atoms with Gasteiger partial charge in [-0.2, -0.15) is 0 Å². The summed E-state index contributed by atoms with van der Waals surface area (Å²) in [5.41, 5.74) is 5.96. The first-order chi connectivity index (χ1) is 10.1. The van der Waals surface area contributed by atoms with Gasteiger partial charge in [0.05, 0.1) is 0 Å². The van der Waals surface area contributed by atoms with E-state index in [0.29, 0.717) is 37.5 Å². The second-order valence-electron chi connectivity index (χ2n) is 5.82. The van der Waals surface area contributed by atoms with Crippen LogP contribution in [-0.2, 0) is 4.79 Å². The Kier molecular flexibility index (Phi) is 3.77. The quantitative estimate of drug-likeness (QED) is 0.865. The van der Waals surface area contributed by atoms with E-state index in [1.807, 2.05) is 0 Å². The zero-order valence-electron chi connectivity index (χ0n) is 11.9. The van der Waals surface area contributed by atoms with Gasteiger partial charge in [0.25, 0.3) is 5.91 Å². The maximum atomic E-state index is 12.5. The molecule has 0 radical (unpaired) electrons. The molecule has 0 aromatic carbocycles. The van der Waals surface area contributed by atoms with E-state index in [4.69, 9.17) is 5.73 Å². The summed E-state index contributed by atoms with van der Waals surface area (Å²) in [5, 5.41) is 3.29. The summed E-state index contributed by atoms with van der Waals surface area (Å²) < 4.78 is 0. The fourth-order valence-electron chi connectivity index (χ4n) is 2.63. The molecule has 112 valence electrons. The van der Waals surface area contributed by atoms with Gasteiger partial charge in [0.2, 0.25) is 5.91 Å². The summed E-state index contributed by atoms with van der Waals surface area (Å²) in [4.78, 5) is 29.7. The third-order valence-electron chi connectivity index (χ3n) is 4.12. The normalized spacial score (nSPS) is 19.3. The van der Waals surface area contributed by atoms with Gasteiger partial charge in [-0.05, 0) is 37.8 Å². The van der Waals surface area contributed by atoms with Crippen LogP contribution < -0.4 is 11.1 Å². The number of aromatic nitrogens is 1. The summed E-state index contributed by atoms with van der Waals surface area (Å²) in [6.45, 7) is 1.17. The molecule has 3 N–H and O–H groups in total. The number of nitrogens with two attached hydrogens (primary N) is 1. The van der Waals surface area contributed by atoms with Crippen LogP contribution in [0.25, 0.3) is 0 Å². The van der Waals surface area contributed by atoms with Gasteiger partial charge in [-0.15, -0.1) is 0 Å². The van der Waals surface area contributed by atoms with Crippen LogP contribution >= 0.6 is 0 Å². The average molecular weight is 288 g/mol. The molecular weight excluding hydrogens is 268 g/mol. The smallest absolute Gasteiger partial charge is 0.254 e. The number of amides is 2. The minimum absolute atomic E-state index is 0.000771. The molecule has 6 heteroatoms. The zero-order valence-corrected chi connectivity index (χ0v) is 11.9. The molecule has 3 rings (SSSR count). The van der Waals surface area contributed by atoms with Crippen LogP contribution in [-0.4, -0.2) is 40.8 Å². The predicted molar refractivity (Wildman–Crippen MR) is 78.7 cm³/mol. The van der Waals surface area contributed by atoms with Crippen LogP contribution in [0.1, 0.15) is 36.0 Å². The predicted octanol–water partition coefficient (Wildman–Crippen LogP) is 0.993. The Bertz CT molecular complexity index is 548. The van der Waals surface area contributed by atoms with Crippen molar-refractivity contribution < 1.29 is 9.59 Å². The molecule has 2 amide bonds. The molecule has 2 heterocycles. The Labute approximate surface area is 123 Å².